The first-order valence-electron chi connectivity index (χ1n) is 17.6. The van der Waals surface area contributed by atoms with Crippen LogP contribution in [0.4, 0.5) is 0 Å². The monoisotopic (exact) mass is 689 g/mol. The number of rotatable bonds is 5. The zero-order valence-electron chi connectivity index (χ0n) is 28.7. The number of nitriles is 2. The predicted molar refractivity (Wildman–Crippen MR) is 214 cm³/mol. The van der Waals surface area contributed by atoms with Gasteiger partial charge in [0.2, 0.25) is 0 Å². The zero-order valence-corrected chi connectivity index (χ0v) is 28.7. The van der Waals surface area contributed by atoms with Crippen LogP contribution in [0.3, 0.4) is 0 Å². The Labute approximate surface area is 309 Å². The highest BCUT2D eigenvalue weighted by atomic mass is 15.0. The first-order chi connectivity index (χ1) is 26.7. The maximum atomic E-state index is 10.7. The SMILES string of the molecule is N#Cc1ccccc1-n1c2ccccc2c2cc3c(cc21)c1ccccc1n3-c1ccc(-c2nc(-c3ccccc3)nc(-c3ccccc3)n2)cc1C#N. The molecule has 0 atom stereocenters. The van der Waals surface area contributed by atoms with Crippen molar-refractivity contribution < 1.29 is 0 Å². The van der Waals surface area contributed by atoms with Crippen LogP contribution in [0.1, 0.15) is 11.1 Å². The van der Waals surface area contributed by atoms with Crippen molar-refractivity contribution >= 4 is 43.6 Å². The smallest absolute Gasteiger partial charge is 0.164 e. The normalized spacial score (nSPS) is 11.3. The molecular formula is C47H27N7. The fourth-order valence-corrected chi connectivity index (χ4v) is 7.61. The van der Waals surface area contributed by atoms with Crippen molar-refractivity contribution in [1.29, 1.82) is 10.5 Å². The lowest BCUT2D eigenvalue weighted by molar-refractivity contribution is 1.07. The van der Waals surface area contributed by atoms with Gasteiger partial charge in [-0.1, -0.05) is 109 Å². The summed E-state index contributed by atoms with van der Waals surface area (Å²) in [5, 5.41) is 25.1. The van der Waals surface area contributed by atoms with E-state index < -0.39 is 0 Å². The minimum atomic E-state index is 0.486. The first kappa shape index (κ1) is 30.9. The van der Waals surface area contributed by atoms with E-state index in [-0.39, 0.29) is 0 Å². The molecular weight excluding hydrogens is 663 g/mol. The van der Waals surface area contributed by atoms with Gasteiger partial charge in [0.15, 0.2) is 17.5 Å². The van der Waals surface area contributed by atoms with E-state index in [4.69, 9.17) is 15.0 Å². The van der Waals surface area contributed by atoms with Crippen LogP contribution in [0.2, 0.25) is 0 Å². The van der Waals surface area contributed by atoms with Crippen molar-refractivity contribution in [1.82, 2.24) is 24.1 Å². The Kier molecular flexibility index (Phi) is 7.11. The van der Waals surface area contributed by atoms with Crippen LogP contribution in [-0.4, -0.2) is 24.1 Å². The second-order valence-electron chi connectivity index (χ2n) is 13.1. The van der Waals surface area contributed by atoms with Crippen molar-refractivity contribution in [2.75, 3.05) is 0 Å². The van der Waals surface area contributed by atoms with Gasteiger partial charge in [-0.2, -0.15) is 10.5 Å². The van der Waals surface area contributed by atoms with Crippen LogP contribution in [0.25, 0.3) is 89.2 Å². The zero-order chi connectivity index (χ0) is 36.2. The molecule has 0 amide bonds. The third-order valence-corrected chi connectivity index (χ3v) is 10.0. The number of hydrogen-bond donors (Lipinski definition) is 0. The molecule has 0 bridgehead atoms. The average Bonchev–Trinajstić information content (AvgIpc) is 3.74. The van der Waals surface area contributed by atoms with Crippen LogP contribution in [-0.2, 0) is 0 Å². The van der Waals surface area contributed by atoms with Crippen molar-refractivity contribution in [2.24, 2.45) is 0 Å². The molecule has 10 aromatic rings. The van der Waals surface area contributed by atoms with Gasteiger partial charge in [0, 0.05) is 38.2 Å². The van der Waals surface area contributed by atoms with Crippen molar-refractivity contribution in [2.45, 2.75) is 0 Å². The average molecular weight is 690 g/mol. The standard InChI is InChI=1S/C47H27N7/c48-28-33-17-7-10-20-39(33)53-41-21-11-8-18-35(41)37-27-44-38(26-43(37)53)36-19-9-12-22-42(36)54(44)40-24-23-32(25-34(40)29-49)47-51-45(30-13-3-1-4-14-30)50-46(52-47)31-15-5-2-6-16-31/h1-27H. The van der Waals surface area contributed by atoms with E-state index in [0.717, 1.165) is 71.7 Å². The molecule has 0 aliphatic heterocycles. The highest BCUT2D eigenvalue weighted by Crippen LogP contribution is 2.40. The molecule has 0 radical (unpaired) electrons. The molecule has 0 saturated carbocycles. The number of benzene rings is 7. The summed E-state index contributed by atoms with van der Waals surface area (Å²) in [6.07, 6.45) is 0. The van der Waals surface area contributed by atoms with E-state index in [9.17, 15) is 10.5 Å². The van der Waals surface area contributed by atoms with Gasteiger partial charge in [0.1, 0.15) is 12.1 Å². The van der Waals surface area contributed by atoms with Crippen LogP contribution in [0.5, 0.6) is 0 Å². The minimum absolute atomic E-state index is 0.486. The summed E-state index contributed by atoms with van der Waals surface area (Å²) < 4.78 is 4.37. The molecule has 7 heteroatoms. The van der Waals surface area contributed by atoms with E-state index in [2.05, 4.69) is 57.7 Å². The maximum absolute atomic E-state index is 10.7. The lowest BCUT2D eigenvalue weighted by atomic mass is 10.1. The number of aromatic nitrogens is 5. The van der Waals surface area contributed by atoms with Gasteiger partial charge in [-0.25, -0.2) is 15.0 Å². The van der Waals surface area contributed by atoms with Crippen molar-refractivity contribution in [3.63, 3.8) is 0 Å². The van der Waals surface area contributed by atoms with Crippen LogP contribution >= 0.6 is 0 Å². The predicted octanol–water partition coefficient (Wildman–Crippen LogP) is 10.8. The summed E-state index contributed by atoms with van der Waals surface area (Å²) in [4.78, 5) is 14.7. The Morgan fingerprint density at radius 3 is 1.33 bits per heavy atom. The molecule has 0 spiro atoms. The fourth-order valence-electron chi connectivity index (χ4n) is 7.61. The lowest BCUT2D eigenvalue weighted by Gasteiger charge is -2.13. The maximum Gasteiger partial charge on any atom is 0.164 e. The fraction of sp³-hybridized carbons (Fsp3) is 0. The molecule has 0 N–H and O–H groups in total. The molecule has 0 saturated heterocycles. The summed E-state index contributed by atoms with van der Waals surface area (Å²) in [5.41, 5.74) is 9.13. The molecule has 7 nitrogen and oxygen atoms in total. The number of hydrogen-bond acceptors (Lipinski definition) is 5. The Morgan fingerprint density at radius 2 is 0.796 bits per heavy atom. The molecule has 0 aliphatic rings. The quantitative estimate of drug-likeness (QED) is 0.179. The first-order valence-corrected chi connectivity index (χ1v) is 17.6. The van der Waals surface area contributed by atoms with E-state index in [1.807, 2.05) is 127 Å². The lowest BCUT2D eigenvalue weighted by Crippen LogP contribution is -2.02. The van der Waals surface area contributed by atoms with Gasteiger partial charge < -0.3 is 9.13 Å². The van der Waals surface area contributed by atoms with Gasteiger partial charge >= 0.3 is 0 Å². The second-order valence-corrected chi connectivity index (χ2v) is 13.1. The van der Waals surface area contributed by atoms with Crippen LogP contribution < -0.4 is 0 Å². The highest BCUT2D eigenvalue weighted by Gasteiger charge is 2.21. The largest absolute Gasteiger partial charge is 0.308 e. The van der Waals surface area contributed by atoms with Gasteiger partial charge in [0.05, 0.1) is 44.6 Å². The summed E-state index contributed by atoms with van der Waals surface area (Å²) >= 11 is 0. The van der Waals surface area contributed by atoms with E-state index in [0.29, 0.717) is 28.6 Å². The number of fused-ring (bicyclic) bond motifs is 6. The minimum Gasteiger partial charge on any atom is -0.308 e. The molecule has 7 aromatic carbocycles. The van der Waals surface area contributed by atoms with Crippen molar-refractivity contribution in [3.05, 3.63) is 175 Å². The van der Waals surface area contributed by atoms with E-state index in [1.165, 1.54) is 0 Å². The summed E-state index contributed by atoms with van der Waals surface area (Å²) in [6, 6.07) is 59.2. The molecule has 10 rings (SSSR count). The van der Waals surface area contributed by atoms with Gasteiger partial charge in [0.25, 0.3) is 0 Å². The molecule has 3 aromatic heterocycles. The van der Waals surface area contributed by atoms with Gasteiger partial charge in [-0.3, -0.25) is 0 Å². The van der Waals surface area contributed by atoms with Crippen LogP contribution in [0.15, 0.2) is 164 Å². The van der Waals surface area contributed by atoms with Gasteiger partial charge in [-0.15, -0.1) is 0 Å². The molecule has 3 heterocycles. The Morgan fingerprint density at radius 1 is 0.352 bits per heavy atom. The van der Waals surface area contributed by atoms with E-state index >= 15 is 0 Å². The molecule has 0 unspecified atom stereocenters. The summed E-state index contributed by atoms with van der Waals surface area (Å²) in [7, 11) is 0. The summed E-state index contributed by atoms with van der Waals surface area (Å²) in [6.45, 7) is 0. The summed E-state index contributed by atoms with van der Waals surface area (Å²) in [5.74, 6) is 1.61. The topological polar surface area (TPSA) is 96.1 Å². The molecule has 0 fully saturated rings. The highest BCUT2D eigenvalue weighted by molar-refractivity contribution is 6.19. The molecule has 250 valence electrons. The Hall–Kier alpha value is -7.87. The third-order valence-electron chi connectivity index (χ3n) is 10.0. The third kappa shape index (κ3) is 4.85. The number of nitrogens with zero attached hydrogens (tertiary/aromatic N) is 7. The Bertz CT molecular complexity index is 3120. The molecule has 54 heavy (non-hydrogen) atoms. The van der Waals surface area contributed by atoms with E-state index in [1.54, 1.807) is 0 Å². The number of para-hydroxylation sites is 3. The Balaban J connectivity index is 1.20. The molecule has 0 aliphatic carbocycles. The van der Waals surface area contributed by atoms with Gasteiger partial charge in [-0.05, 0) is 54.6 Å². The second kappa shape index (κ2) is 12.4. The van der Waals surface area contributed by atoms with Crippen molar-refractivity contribution in [3.8, 4) is 57.7 Å². The van der Waals surface area contributed by atoms with Crippen LogP contribution in [0, 0.1) is 22.7 Å².